The molecule has 0 N–H and O–H groups in total. The van der Waals surface area contributed by atoms with E-state index in [0.717, 1.165) is 30.4 Å². The third-order valence-corrected chi connectivity index (χ3v) is 6.50. The maximum absolute atomic E-state index is 12.7. The summed E-state index contributed by atoms with van der Waals surface area (Å²) in [4.78, 5) is 2.54. The monoisotopic (exact) mass is 353 g/mol. The lowest BCUT2D eigenvalue weighted by Gasteiger charge is -2.40. The van der Waals surface area contributed by atoms with Crippen LogP contribution in [-0.4, -0.2) is 24.5 Å². The van der Waals surface area contributed by atoms with E-state index in [4.69, 9.17) is 0 Å². The molecule has 2 fully saturated rings. The molecular weight excluding hydrogens is 323 g/mol. The van der Waals surface area contributed by atoms with Crippen molar-refractivity contribution in [1.82, 2.24) is 4.90 Å². The van der Waals surface area contributed by atoms with Crippen LogP contribution in [-0.2, 0) is 11.6 Å². The molecule has 25 heavy (non-hydrogen) atoms. The van der Waals surface area contributed by atoms with Crippen LogP contribution in [0.15, 0.2) is 24.3 Å². The summed E-state index contributed by atoms with van der Waals surface area (Å²) < 4.78 is 38.2. The minimum Gasteiger partial charge on any atom is -0.303 e. The lowest BCUT2D eigenvalue weighted by Crippen LogP contribution is -2.39. The molecule has 1 saturated heterocycles. The lowest BCUT2D eigenvalue weighted by atomic mass is 9.72. The van der Waals surface area contributed by atoms with Crippen molar-refractivity contribution in [3.8, 4) is 0 Å². The van der Waals surface area contributed by atoms with Crippen LogP contribution >= 0.6 is 0 Å². The van der Waals surface area contributed by atoms with Crippen LogP contribution in [0.1, 0.15) is 63.5 Å². The van der Waals surface area contributed by atoms with Crippen molar-refractivity contribution < 1.29 is 13.2 Å². The summed E-state index contributed by atoms with van der Waals surface area (Å²) in [7, 11) is 0. The van der Waals surface area contributed by atoms with Crippen molar-refractivity contribution in [3.63, 3.8) is 0 Å². The highest BCUT2D eigenvalue weighted by molar-refractivity contribution is 5.29. The van der Waals surface area contributed by atoms with Crippen LogP contribution < -0.4 is 0 Å². The SMILES string of the molecule is CC(C)(CCN1CCC(C2CCC2)CC1)c1ccc(C(F)(F)F)cc1. The molecule has 0 bridgehead atoms. The van der Waals surface area contributed by atoms with Gasteiger partial charge in [-0.1, -0.05) is 45.2 Å². The number of alkyl halides is 3. The summed E-state index contributed by atoms with van der Waals surface area (Å²) in [5.74, 6) is 1.93. The second-order valence-corrected chi connectivity index (χ2v) is 8.58. The average Bonchev–Trinajstić information content (AvgIpc) is 2.52. The van der Waals surface area contributed by atoms with Crippen LogP contribution in [0.5, 0.6) is 0 Å². The molecule has 0 radical (unpaired) electrons. The van der Waals surface area contributed by atoms with E-state index < -0.39 is 11.7 Å². The molecule has 1 nitrogen and oxygen atoms in total. The van der Waals surface area contributed by atoms with Gasteiger partial charge >= 0.3 is 6.18 Å². The molecular formula is C21H30F3N. The Kier molecular flexibility index (Phi) is 5.48. The van der Waals surface area contributed by atoms with Gasteiger partial charge in [0.2, 0.25) is 0 Å². The number of hydrogen-bond acceptors (Lipinski definition) is 1. The van der Waals surface area contributed by atoms with Gasteiger partial charge in [-0.25, -0.2) is 0 Å². The van der Waals surface area contributed by atoms with Gasteiger partial charge in [0.25, 0.3) is 0 Å². The van der Waals surface area contributed by atoms with Crippen molar-refractivity contribution in [2.75, 3.05) is 19.6 Å². The first-order chi connectivity index (χ1) is 11.8. The summed E-state index contributed by atoms with van der Waals surface area (Å²) in [5, 5.41) is 0. The molecule has 1 heterocycles. The van der Waals surface area contributed by atoms with Crippen LogP contribution in [0, 0.1) is 11.8 Å². The first-order valence-corrected chi connectivity index (χ1v) is 9.66. The molecule has 2 aliphatic rings. The number of likely N-dealkylation sites (tertiary alicyclic amines) is 1. The van der Waals surface area contributed by atoms with Crippen LogP contribution in [0.3, 0.4) is 0 Å². The van der Waals surface area contributed by atoms with Crippen molar-refractivity contribution in [3.05, 3.63) is 35.4 Å². The van der Waals surface area contributed by atoms with Crippen LogP contribution in [0.2, 0.25) is 0 Å². The summed E-state index contributed by atoms with van der Waals surface area (Å²) in [6, 6.07) is 5.71. The fourth-order valence-electron chi connectivity index (χ4n) is 4.25. The average molecular weight is 353 g/mol. The Morgan fingerprint density at radius 2 is 1.40 bits per heavy atom. The lowest BCUT2D eigenvalue weighted by molar-refractivity contribution is -0.137. The van der Waals surface area contributed by atoms with Gasteiger partial charge in [0.1, 0.15) is 0 Å². The summed E-state index contributed by atoms with van der Waals surface area (Å²) in [6.07, 6.45) is 3.67. The molecule has 1 aromatic rings. The molecule has 1 saturated carbocycles. The number of hydrogen-bond donors (Lipinski definition) is 0. The molecule has 1 aromatic carbocycles. The number of nitrogens with zero attached hydrogens (tertiary/aromatic N) is 1. The number of piperidine rings is 1. The van der Waals surface area contributed by atoms with E-state index in [1.165, 1.54) is 57.3 Å². The van der Waals surface area contributed by atoms with E-state index in [2.05, 4.69) is 18.7 Å². The molecule has 0 unspecified atom stereocenters. The topological polar surface area (TPSA) is 3.24 Å². The molecule has 0 atom stereocenters. The minimum absolute atomic E-state index is 0.102. The highest BCUT2D eigenvalue weighted by Gasteiger charge is 2.32. The number of halogens is 3. The Bertz CT molecular complexity index is 549. The Balaban J connectivity index is 1.50. The van der Waals surface area contributed by atoms with Gasteiger partial charge in [-0.3, -0.25) is 0 Å². The fraction of sp³-hybridized carbons (Fsp3) is 0.714. The second-order valence-electron chi connectivity index (χ2n) is 8.58. The summed E-state index contributed by atoms with van der Waals surface area (Å²) in [5.41, 5.74) is 0.324. The van der Waals surface area contributed by atoms with Crippen molar-refractivity contribution in [2.24, 2.45) is 11.8 Å². The molecule has 3 rings (SSSR count). The van der Waals surface area contributed by atoms with Crippen molar-refractivity contribution >= 4 is 0 Å². The van der Waals surface area contributed by atoms with E-state index in [0.29, 0.717) is 0 Å². The van der Waals surface area contributed by atoms with Crippen molar-refractivity contribution in [1.29, 1.82) is 0 Å². The zero-order chi connectivity index (χ0) is 18.1. The molecule has 140 valence electrons. The Hall–Kier alpha value is -1.03. The summed E-state index contributed by atoms with van der Waals surface area (Å²) in [6.45, 7) is 7.67. The quantitative estimate of drug-likeness (QED) is 0.638. The Morgan fingerprint density at radius 3 is 1.88 bits per heavy atom. The predicted octanol–water partition coefficient (Wildman–Crippen LogP) is 5.89. The van der Waals surface area contributed by atoms with Gasteiger partial charge in [0, 0.05) is 0 Å². The van der Waals surface area contributed by atoms with E-state index >= 15 is 0 Å². The van der Waals surface area contributed by atoms with Gasteiger partial charge in [0.05, 0.1) is 5.56 Å². The standard InChI is InChI=1S/C21H30F3N/c1-20(2,18-6-8-19(9-7-18)21(22,23)24)12-15-25-13-10-17(11-14-25)16-4-3-5-16/h6-9,16-17H,3-5,10-15H2,1-2H3. The largest absolute Gasteiger partial charge is 0.416 e. The first-order valence-electron chi connectivity index (χ1n) is 9.66. The highest BCUT2D eigenvalue weighted by atomic mass is 19.4. The maximum atomic E-state index is 12.7. The zero-order valence-corrected chi connectivity index (χ0v) is 15.4. The second kappa shape index (κ2) is 7.30. The third-order valence-electron chi connectivity index (χ3n) is 6.50. The first kappa shape index (κ1) is 18.8. The van der Waals surface area contributed by atoms with Gasteiger partial charge in [-0.05, 0) is 73.8 Å². The Labute approximate surface area is 149 Å². The molecule has 0 spiro atoms. The molecule has 1 aliphatic carbocycles. The molecule has 1 aliphatic heterocycles. The fourth-order valence-corrected chi connectivity index (χ4v) is 4.25. The Morgan fingerprint density at radius 1 is 0.880 bits per heavy atom. The summed E-state index contributed by atoms with van der Waals surface area (Å²) >= 11 is 0. The van der Waals surface area contributed by atoms with Crippen LogP contribution in [0.25, 0.3) is 0 Å². The van der Waals surface area contributed by atoms with Gasteiger partial charge in [-0.15, -0.1) is 0 Å². The van der Waals surface area contributed by atoms with Gasteiger partial charge < -0.3 is 4.90 Å². The number of benzene rings is 1. The van der Waals surface area contributed by atoms with Gasteiger partial charge in [0.15, 0.2) is 0 Å². The van der Waals surface area contributed by atoms with E-state index in [-0.39, 0.29) is 5.41 Å². The molecule has 0 aromatic heterocycles. The smallest absolute Gasteiger partial charge is 0.303 e. The predicted molar refractivity (Wildman–Crippen MR) is 95.6 cm³/mol. The van der Waals surface area contributed by atoms with Crippen molar-refractivity contribution in [2.45, 2.75) is 64.0 Å². The number of rotatable bonds is 5. The van der Waals surface area contributed by atoms with E-state index in [9.17, 15) is 13.2 Å². The minimum atomic E-state index is -4.26. The van der Waals surface area contributed by atoms with E-state index in [1.54, 1.807) is 12.1 Å². The van der Waals surface area contributed by atoms with Crippen LogP contribution in [0.4, 0.5) is 13.2 Å². The highest BCUT2D eigenvalue weighted by Crippen LogP contribution is 2.39. The van der Waals surface area contributed by atoms with E-state index in [1.807, 2.05) is 0 Å². The zero-order valence-electron chi connectivity index (χ0n) is 15.4. The third kappa shape index (κ3) is 4.58. The molecule has 0 amide bonds. The molecule has 4 heteroatoms. The normalized spacial score (nSPS) is 21.3. The van der Waals surface area contributed by atoms with Gasteiger partial charge in [-0.2, -0.15) is 13.2 Å². The maximum Gasteiger partial charge on any atom is 0.416 e.